The second-order valence-electron chi connectivity index (χ2n) is 5.39. The number of rotatable bonds is 3. The molecular formula is C17H15ClN2O3. The van der Waals surface area contributed by atoms with E-state index in [2.05, 4.69) is 4.98 Å². The molecule has 0 N–H and O–H groups in total. The van der Waals surface area contributed by atoms with Gasteiger partial charge in [-0.25, -0.2) is 9.78 Å². The smallest absolute Gasteiger partial charge is 0.340 e. The molecule has 2 heterocycles. The summed E-state index contributed by atoms with van der Waals surface area (Å²) in [5.74, 6) is -0.833. The Hall–Kier alpha value is -2.40. The van der Waals surface area contributed by atoms with Gasteiger partial charge in [-0.1, -0.05) is 29.8 Å². The summed E-state index contributed by atoms with van der Waals surface area (Å²) >= 11 is 5.67. The molecular weight excluding hydrogens is 316 g/mol. The minimum atomic E-state index is -0.595. The largest absolute Gasteiger partial charge is 0.452 e. The number of carbonyl (C=O) groups is 2. The molecule has 0 spiro atoms. The Morgan fingerprint density at radius 2 is 2.09 bits per heavy atom. The van der Waals surface area contributed by atoms with E-state index in [0.717, 1.165) is 17.7 Å². The number of nitrogens with zero attached hydrogens (tertiary/aromatic N) is 2. The van der Waals surface area contributed by atoms with E-state index in [9.17, 15) is 9.59 Å². The van der Waals surface area contributed by atoms with Crippen molar-refractivity contribution < 1.29 is 14.3 Å². The summed E-state index contributed by atoms with van der Waals surface area (Å²) in [6.07, 6.45) is 2.12. The number of halogens is 1. The third kappa shape index (κ3) is 3.19. The third-order valence-corrected chi connectivity index (χ3v) is 3.99. The van der Waals surface area contributed by atoms with Crippen molar-refractivity contribution in [1.82, 2.24) is 4.98 Å². The summed E-state index contributed by atoms with van der Waals surface area (Å²) in [4.78, 5) is 29.8. The van der Waals surface area contributed by atoms with Gasteiger partial charge in [0.2, 0.25) is 0 Å². The van der Waals surface area contributed by atoms with E-state index in [1.165, 1.54) is 18.3 Å². The fraction of sp³-hybridized carbons (Fsp3) is 0.235. The fourth-order valence-electron chi connectivity index (χ4n) is 2.72. The summed E-state index contributed by atoms with van der Waals surface area (Å²) in [6.45, 7) is 1.67. The van der Waals surface area contributed by atoms with E-state index < -0.39 is 5.97 Å². The maximum atomic E-state index is 12.4. The van der Waals surface area contributed by atoms with Gasteiger partial charge < -0.3 is 9.64 Å². The molecule has 0 bridgehead atoms. The number of fused-ring (bicyclic) bond motifs is 1. The fourth-order valence-corrected chi connectivity index (χ4v) is 2.83. The Bertz CT molecular complexity index is 746. The molecule has 1 aliphatic rings. The van der Waals surface area contributed by atoms with Crippen LogP contribution in [0.15, 0.2) is 42.6 Å². The molecule has 0 aliphatic carbocycles. The molecule has 0 radical (unpaired) electrons. The zero-order valence-corrected chi connectivity index (χ0v) is 13.3. The van der Waals surface area contributed by atoms with Crippen LogP contribution < -0.4 is 4.90 Å². The standard InChI is InChI=1S/C17H15ClN2O3/c1-11-8-12-4-2-3-5-14(12)20(11)16(21)10-23-17(22)13-6-7-15(18)19-9-13/h2-7,9,11H,8,10H2,1H3. The van der Waals surface area contributed by atoms with Crippen LogP contribution in [0.1, 0.15) is 22.8 Å². The normalized spacial score (nSPS) is 16.1. The number of esters is 1. The Labute approximate surface area is 138 Å². The summed E-state index contributed by atoms with van der Waals surface area (Å²) < 4.78 is 5.09. The van der Waals surface area contributed by atoms with Crippen molar-refractivity contribution in [3.63, 3.8) is 0 Å². The molecule has 2 aromatic rings. The van der Waals surface area contributed by atoms with E-state index >= 15 is 0 Å². The first-order chi connectivity index (χ1) is 11.1. The zero-order valence-electron chi connectivity index (χ0n) is 12.5. The van der Waals surface area contributed by atoms with Crippen molar-refractivity contribution in [3.05, 3.63) is 58.9 Å². The molecule has 5 nitrogen and oxygen atoms in total. The lowest BCUT2D eigenvalue weighted by Crippen LogP contribution is -2.38. The quantitative estimate of drug-likeness (QED) is 0.641. The predicted octanol–water partition coefficient (Wildman–Crippen LogP) is 2.87. The van der Waals surface area contributed by atoms with Gasteiger partial charge in [-0.05, 0) is 37.1 Å². The van der Waals surface area contributed by atoms with Crippen molar-refractivity contribution >= 4 is 29.2 Å². The average molecular weight is 331 g/mol. The second-order valence-corrected chi connectivity index (χ2v) is 5.78. The van der Waals surface area contributed by atoms with Gasteiger partial charge in [-0.15, -0.1) is 0 Å². The lowest BCUT2D eigenvalue weighted by Gasteiger charge is -2.22. The molecule has 23 heavy (non-hydrogen) atoms. The molecule has 0 saturated heterocycles. The van der Waals surface area contributed by atoms with Gasteiger partial charge in [0.05, 0.1) is 5.56 Å². The topological polar surface area (TPSA) is 59.5 Å². The SMILES string of the molecule is CC1Cc2ccccc2N1C(=O)COC(=O)c1ccc(Cl)nc1. The number of pyridine rings is 1. The minimum absolute atomic E-state index is 0.0517. The van der Waals surface area contributed by atoms with E-state index in [-0.39, 0.29) is 24.1 Å². The third-order valence-electron chi connectivity index (χ3n) is 3.77. The number of anilines is 1. The van der Waals surface area contributed by atoms with Crippen molar-refractivity contribution in [1.29, 1.82) is 0 Å². The highest BCUT2D eigenvalue weighted by Gasteiger charge is 2.30. The Morgan fingerprint density at radius 1 is 1.30 bits per heavy atom. The molecule has 1 amide bonds. The van der Waals surface area contributed by atoms with Gasteiger partial charge in [0.25, 0.3) is 5.91 Å². The summed E-state index contributed by atoms with van der Waals surface area (Å²) in [5.41, 5.74) is 2.27. The first-order valence-corrected chi connectivity index (χ1v) is 7.62. The van der Waals surface area contributed by atoms with E-state index in [1.807, 2.05) is 31.2 Å². The van der Waals surface area contributed by atoms with Crippen LogP contribution in [0.2, 0.25) is 5.15 Å². The van der Waals surface area contributed by atoms with E-state index in [1.54, 1.807) is 4.90 Å². The number of ether oxygens (including phenoxy) is 1. The highest BCUT2D eigenvalue weighted by Crippen LogP contribution is 2.31. The number of hydrogen-bond acceptors (Lipinski definition) is 4. The molecule has 1 aliphatic heterocycles. The molecule has 1 aromatic heterocycles. The van der Waals surface area contributed by atoms with Gasteiger partial charge in [0.15, 0.2) is 6.61 Å². The van der Waals surface area contributed by atoms with Crippen LogP contribution in [0.25, 0.3) is 0 Å². The summed E-state index contributed by atoms with van der Waals surface area (Å²) in [6, 6.07) is 10.8. The molecule has 0 saturated carbocycles. The van der Waals surface area contributed by atoms with Crippen molar-refractivity contribution in [2.24, 2.45) is 0 Å². The average Bonchev–Trinajstić information content (AvgIpc) is 2.88. The van der Waals surface area contributed by atoms with Crippen LogP contribution in [0.3, 0.4) is 0 Å². The van der Waals surface area contributed by atoms with Crippen LogP contribution in [0.4, 0.5) is 5.69 Å². The first kappa shape index (κ1) is 15.5. The lowest BCUT2D eigenvalue weighted by atomic mass is 10.1. The molecule has 1 aromatic carbocycles. The molecule has 1 atom stereocenters. The minimum Gasteiger partial charge on any atom is -0.452 e. The van der Waals surface area contributed by atoms with E-state index in [4.69, 9.17) is 16.3 Å². The Kier molecular flexibility index (Phi) is 4.30. The Morgan fingerprint density at radius 3 is 2.83 bits per heavy atom. The van der Waals surface area contributed by atoms with Gasteiger partial charge >= 0.3 is 5.97 Å². The maximum absolute atomic E-state index is 12.4. The molecule has 118 valence electrons. The van der Waals surface area contributed by atoms with Gasteiger partial charge in [-0.3, -0.25) is 4.79 Å². The van der Waals surface area contributed by atoms with Crippen LogP contribution in [0.5, 0.6) is 0 Å². The number of carbonyl (C=O) groups excluding carboxylic acids is 2. The van der Waals surface area contributed by atoms with Gasteiger partial charge in [0.1, 0.15) is 5.15 Å². The number of aromatic nitrogens is 1. The first-order valence-electron chi connectivity index (χ1n) is 7.25. The van der Waals surface area contributed by atoms with Crippen LogP contribution in [-0.2, 0) is 16.0 Å². The second kappa shape index (κ2) is 6.38. The predicted molar refractivity (Wildman–Crippen MR) is 86.6 cm³/mol. The lowest BCUT2D eigenvalue weighted by molar-refractivity contribution is -0.122. The molecule has 1 unspecified atom stereocenters. The number of amides is 1. The van der Waals surface area contributed by atoms with Crippen molar-refractivity contribution in [3.8, 4) is 0 Å². The van der Waals surface area contributed by atoms with Gasteiger partial charge in [-0.2, -0.15) is 0 Å². The van der Waals surface area contributed by atoms with Crippen LogP contribution >= 0.6 is 11.6 Å². The molecule has 0 fully saturated rings. The summed E-state index contributed by atoms with van der Waals surface area (Å²) in [5, 5.41) is 0.292. The molecule has 3 rings (SSSR count). The number of para-hydroxylation sites is 1. The number of benzene rings is 1. The van der Waals surface area contributed by atoms with Crippen molar-refractivity contribution in [2.75, 3.05) is 11.5 Å². The highest BCUT2D eigenvalue weighted by molar-refractivity contribution is 6.29. The summed E-state index contributed by atoms with van der Waals surface area (Å²) in [7, 11) is 0. The number of hydrogen-bond donors (Lipinski definition) is 0. The maximum Gasteiger partial charge on any atom is 0.340 e. The van der Waals surface area contributed by atoms with Crippen LogP contribution in [0, 0.1) is 0 Å². The zero-order chi connectivity index (χ0) is 16.4. The van der Waals surface area contributed by atoms with Crippen molar-refractivity contribution in [2.45, 2.75) is 19.4 Å². The monoisotopic (exact) mass is 330 g/mol. The van der Waals surface area contributed by atoms with Crippen LogP contribution in [-0.4, -0.2) is 29.5 Å². The van der Waals surface area contributed by atoms with Gasteiger partial charge in [0, 0.05) is 17.9 Å². The molecule has 6 heteroatoms. The van der Waals surface area contributed by atoms with E-state index in [0.29, 0.717) is 5.15 Å². The Balaban J connectivity index is 1.66. The highest BCUT2D eigenvalue weighted by atomic mass is 35.5.